The third-order valence-corrected chi connectivity index (χ3v) is 3.38. The van der Waals surface area contributed by atoms with Crippen LogP contribution in [0.2, 0.25) is 0 Å². The molecule has 0 unspecified atom stereocenters. The Bertz CT molecular complexity index is 696. The number of rotatable bonds is 3. The second-order valence-corrected chi connectivity index (χ2v) is 4.75. The van der Waals surface area contributed by atoms with E-state index in [-0.39, 0.29) is 23.8 Å². The van der Waals surface area contributed by atoms with Gasteiger partial charge in [-0.3, -0.25) is 9.59 Å². The van der Waals surface area contributed by atoms with Crippen molar-refractivity contribution < 1.29 is 14.0 Å². The first-order valence-corrected chi connectivity index (χ1v) is 6.31. The van der Waals surface area contributed by atoms with Crippen LogP contribution in [-0.4, -0.2) is 23.1 Å². The van der Waals surface area contributed by atoms with Gasteiger partial charge in [-0.2, -0.15) is 0 Å². The summed E-state index contributed by atoms with van der Waals surface area (Å²) in [6.07, 6.45) is 0. The number of carbonyl (C=O) groups excluding carboxylic acids is 2. The molecular formula is C16H12FNO2. The van der Waals surface area contributed by atoms with Gasteiger partial charge in [0.15, 0.2) is 5.78 Å². The van der Waals surface area contributed by atoms with Gasteiger partial charge in [-0.05, 0) is 23.8 Å². The summed E-state index contributed by atoms with van der Waals surface area (Å²) in [5, 5.41) is 0. The number of Topliss-reactive ketones (excluding diaryl/α,β-unsaturated/α-hetero) is 1. The van der Waals surface area contributed by atoms with E-state index in [0.717, 1.165) is 5.56 Å². The van der Waals surface area contributed by atoms with Crippen molar-refractivity contribution in [2.75, 3.05) is 6.54 Å². The summed E-state index contributed by atoms with van der Waals surface area (Å²) in [5.41, 5.74) is 1.85. The number of benzene rings is 2. The number of hydrogen-bond acceptors (Lipinski definition) is 2. The molecular weight excluding hydrogens is 257 g/mol. The summed E-state index contributed by atoms with van der Waals surface area (Å²) < 4.78 is 13.1. The van der Waals surface area contributed by atoms with Gasteiger partial charge in [-0.25, -0.2) is 4.39 Å². The van der Waals surface area contributed by atoms with E-state index in [2.05, 4.69) is 0 Å². The molecule has 3 nitrogen and oxygen atoms in total. The number of nitrogens with zero attached hydrogens (tertiary/aromatic N) is 1. The molecule has 0 saturated heterocycles. The van der Waals surface area contributed by atoms with E-state index in [1.54, 1.807) is 18.2 Å². The number of ketones is 1. The van der Waals surface area contributed by atoms with E-state index >= 15 is 0 Å². The third-order valence-electron chi connectivity index (χ3n) is 3.38. The Kier molecular flexibility index (Phi) is 3.06. The highest BCUT2D eigenvalue weighted by Crippen LogP contribution is 2.22. The lowest BCUT2D eigenvalue weighted by atomic mass is 10.1. The molecule has 0 bridgehead atoms. The maximum atomic E-state index is 13.1. The molecule has 100 valence electrons. The average Bonchev–Trinajstić information content (AvgIpc) is 2.76. The fourth-order valence-electron chi connectivity index (χ4n) is 2.37. The number of fused-ring (bicyclic) bond motifs is 1. The van der Waals surface area contributed by atoms with Crippen molar-refractivity contribution >= 4 is 11.7 Å². The van der Waals surface area contributed by atoms with Crippen molar-refractivity contribution in [1.29, 1.82) is 0 Å². The monoisotopic (exact) mass is 269 g/mol. The predicted molar refractivity (Wildman–Crippen MR) is 71.9 cm³/mol. The van der Waals surface area contributed by atoms with Gasteiger partial charge in [-0.15, -0.1) is 0 Å². The van der Waals surface area contributed by atoms with E-state index in [1.807, 2.05) is 12.1 Å². The van der Waals surface area contributed by atoms with Crippen LogP contribution in [0.5, 0.6) is 0 Å². The molecule has 2 aromatic carbocycles. The van der Waals surface area contributed by atoms with Crippen molar-refractivity contribution in [2.24, 2.45) is 0 Å². The molecule has 1 amide bonds. The van der Waals surface area contributed by atoms with Crippen LogP contribution in [0, 0.1) is 5.82 Å². The predicted octanol–water partition coefficient (Wildman–Crippen LogP) is 2.66. The number of amides is 1. The molecule has 1 aliphatic heterocycles. The van der Waals surface area contributed by atoms with Gasteiger partial charge in [0, 0.05) is 17.7 Å². The minimum Gasteiger partial charge on any atom is -0.327 e. The van der Waals surface area contributed by atoms with Crippen LogP contribution in [0.25, 0.3) is 0 Å². The van der Waals surface area contributed by atoms with Crippen LogP contribution in [0.3, 0.4) is 0 Å². The lowest BCUT2D eigenvalue weighted by molar-refractivity contribution is 0.0729. The van der Waals surface area contributed by atoms with Crippen LogP contribution in [0.4, 0.5) is 4.39 Å². The van der Waals surface area contributed by atoms with Crippen LogP contribution in [0.15, 0.2) is 48.5 Å². The molecule has 0 saturated carbocycles. The Balaban J connectivity index is 1.77. The van der Waals surface area contributed by atoms with E-state index in [0.29, 0.717) is 12.1 Å². The minimum atomic E-state index is -0.452. The summed E-state index contributed by atoms with van der Waals surface area (Å²) in [6.45, 7) is 0.396. The smallest absolute Gasteiger partial charge is 0.254 e. The van der Waals surface area contributed by atoms with Crippen LogP contribution < -0.4 is 0 Å². The second kappa shape index (κ2) is 4.89. The van der Waals surface area contributed by atoms with Crippen LogP contribution >= 0.6 is 0 Å². The topological polar surface area (TPSA) is 37.4 Å². The summed E-state index contributed by atoms with van der Waals surface area (Å²) >= 11 is 0. The fraction of sp³-hybridized carbons (Fsp3) is 0.125. The van der Waals surface area contributed by atoms with Gasteiger partial charge in [0.25, 0.3) is 5.91 Å². The number of carbonyl (C=O) groups is 2. The molecule has 0 radical (unpaired) electrons. The van der Waals surface area contributed by atoms with E-state index < -0.39 is 5.82 Å². The lowest BCUT2D eigenvalue weighted by Crippen LogP contribution is -2.30. The van der Waals surface area contributed by atoms with Crippen LogP contribution in [0.1, 0.15) is 26.3 Å². The Morgan fingerprint density at radius 3 is 2.70 bits per heavy atom. The van der Waals surface area contributed by atoms with Gasteiger partial charge in [-0.1, -0.05) is 30.3 Å². The zero-order valence-corrected chi connectivity index (χ0v) is 10.7. The van der Waals surface area contributed by atoms with Gasteiger partial charge in [0.2, 0.25) is 0 Å². The summed E-state index contributed by atoms with van der Waals surface area (Å²) in [4.78, 5) is 25.7. The molecule has 0 fully saturated rings. The molecule has 20 heavy (non-hydrogen) atoms. The number of hydrogen-bond donors (Lipinski definition) is 0. The quantitative estimate of drug-likeness (QED) is 0.803. The van der Waals surface area contributed by atoms with E-state index in [4.69, 9.17) is 0 Å². The molecule has 4 heteroatoms. The van der Waals surface area contributed by atoms with Crippen molar-refractivity contribution in [3.8, 4) is 0 Å². The number of halogens is 1. The highest BCUT2D eigenvalue weighted by Gasteiger charge is 2.28. The first-order chi connectivity index (χ1) is 9.65. The first-order valence-electron chi connectivity index (χ1n) is 6.31. The molecule has 1 aliphatic rings. The third kappa shape index (κ3) is 2.20. The van der Waals surface area contributed by atoms with Gasteiger partial charge < -0.3 is 4.90 Å². The maximum absolute atomic E-state index is 13.1. The lowest BCUT2D eigenvalue weighted by Gasteiger charge is -2.14. The molecule has 3 rings (SSSR count). The van der Waals surface area contributed by atoms with Gasteiger partial charge >= 0.3 is 0 Å². The van der Waals surface area contributed by atoms with Crippen LogP contribution in [-0.2, 0) is 6.54 Å². The summed E-state index contributed by atoms with van der Waals surface area (Å²) in [6, 6.07) is 12.8. The molecule has 0 N–H and O–H groups in total. The summed E-state index contributed by atoms with van der Waals surface area (Å²) in [7, 11) is 0. The van der Waals surface area contributed by atoms with Crippen molar-refractivity contribution in [2.45, 2.75) is 6.54 Å². The summed E-state index contributed by atoms with van der Waals surface area (Å²) in [5.74, 6) is -0.858. The van der Waals surface area contributed by atoms with Crippen molar-refractivity contribution in [3.05, 3.63) is 71.0 Å². The molecule has 1 heterocycles. The molecule has 0 aromatic heterocycles. The minimum absolute atomic E-state index is 0.0308. The highest BCUT2D eigenvalue weighted by molar-refractivity contribution is 6.04. The zero-order valence-electron chi connectivity index (χ0n) is 10.7. The maximum Gasteiger partial charge on any atom is 0.254 e. The molecule has 2 aromatic rings. The van der Waals surface area contributed by atoms with Gasteiger partial charge in [0.05, 0.1) is 6.54 Å². The largest absolute Gasteiger partial charge is 0.327 e. The SMILES string of the molecule is O=C(CN1Cc2ccccc2C1=O)c1cccc(F)c1. The Hall–Kier alpha value is -2.49. The highest BCUT2D eigenvalue weighted by atomic mass is 19.1. The molecule has 0 atom stereocenters. The Morgan fingerprint density at radius 2 is 1.95 bits per heavy atom. The average molecular weight is 269 g/mol. The zero-order chi connectivity index (χ0) is 14.1. The van der Waals surface area contributed by atoms with Crippen molar-refractivity contribution in [3.63, 3.8) is 0 Å². The molecule has 0 spiro atoms. The molecule has 0 aliphatic carbocycles. The van der Waals surface area contributed by atoms with E-state index in [1.165, 1.54) is 23.1 Å². The Labute approximate surface area is 115 Å². The van der Waals surface area contributed by atoms with Crippen molar-refractivity contribution in [1.82, 2.24) is 4.90 Å². The van der Waals surface area contributed by atoms with E-state index in [9.17, 15) is 14.0 Å². The second-order valence-electron chi connectivity index (χ2n) is 4.75. The standard InChI is InChI=1S/C16H12FNO2/c17-13-6-3-5-11(8-13)15(19)10-18-9-12-4-1-2-7-14(12)16(18)20/h1-8H,9-10H2. The van der Waals surface area contributed by atoms with Gasteiger partial charge in [0.1, 0.15) is 5.82 Å². The first kappa shape index (κ1) is 12.5. The Morgan fingerprint density at radius 1 is 1.15 bits per heavy atom. The normalized spacial score (nSPS) is 13.4. The fourth-order valence-corrected chi connectivity index (χ4v) is 2.37.